The summed E-state index contributed by atoms with van der Waals surface area (Å²) < 4.78 is 5.36. The Morgan fingerprint density at radius 1 is 1.50 bits per heavy atom. The van der Waals surface area contributed by atoms with Crippen molar-refractivity contribution in [2.24, 2.45) is 0 Å². The second-order valence-electron chi connectivity index (χ2n) is 3.25. The number of hydrogen-bond donors (Lipinski definition) is 3. The number of aliphatic hydroxyl groups is 2. The molecule has 0 spiro atoms. The third kappa shape index (κ3) is 3.59. The molecule has 0 amide bonds. The highest BCUT2D eigenvalue weighted by molar-refractivity contribution is 7.99. The zero-order valence-electron chi connectivity index (χ0n) is 9.22. The molecule has 0 aliphatic carbocycles. The van der Waals surface area contributed by atoms with Crippen LogP contribution in [-0.4, -0.2) is 35.3 Å². The number of hydrogen-bond acceptors (Lipinski definition) is 5. The maximum absolute atomic E-state index is 9.24. The largest absolute Gasteiger partial charge is 0.492 e. The summed E-state index contributed by atoms with van der Waals surface area (Å²) in [5.41, 5.74) is 6.49. The summed E-state index contributed by atoms with van der Waals surface area (Å²) in [6.45, 7) is 2.23. The van der Waals surface area contributed by atoms with E-state index >= 15 is 0 Å². The number of nitrogen functional groups attached to an aromatic ring is 1. The zero-order valence-corrected chi connectivity index (χ0v) is 10.0. The average molecular weight is 243 g/mol. The Morgan fingerprint density at radius 3 is 2.88 bits per heavy atom. The highest BCUT2D eigenvalue weighted by atomic mass is 32.2. The van der Waals surface area contributed by atoms with Crippen LogP contribution in [0.5, 0.6) is 5.75 Å². The van der Waals surface area contributed by atoms with Gasteiger partial charge in [-0.2, -0.15) is 0 Å². The summed E-state index contributed by atoms with van der Waals surface area (Å²) in [6.07, 6.45) is -0.722. The fourth-order valence-corrected chi connectivity index (χ4v) is 2.08. The molecule has 0 aliphatic heterocycles. The third-order valence-electron chi connectivity index (χ3n) is 1.97. The Bertz CT molecular complexity index is 333. The van der Waals surface area contributed by atoms with Gasteiger partial charge in [0.15, 0.2) is 0 Å². The van der Waals surface area contributed by atoms with E-state index < -0.39 is 6.10 Å². The van der Waals surface area contributed by atoms with Crippen molar-refractivity contribution < 1.29 is 14.9 Å². The Morgan fingerprint density at radius 2 is 2.25 bits per heavy atom. The highest BCUT2D eigenvalue weighted by Crippen LogP contribution is 2.32. The molecule has 90 valence electrons. The number of anilines is 1. The molecule has 0 fully saturated rings. The predicted molar refractivity (Wildman–Crippen MR) is 65.8 cm³/mol. The van der Waals surface area contributed by atoms with Gasteiger partial charge in [-0.3, -0.25) is 0 Å². The first kappa shape index (κ1) is 13.2. The molecule has 0 radical (unpaired) electrons. The van der Waals surface area contributed by atoms with Gasteiger partial charge in [0.2, 0.25) is 0 Å². The number of rotatable bonds is 6. The van der Waals surface area contributed by atoms with Crippen LogP contribution >= 0.6 is 11.8 Å². The van der Waals surface area contributed by atoms with Gasteiger partial charge >= 0.3 is 0 Å². The Kier molecular flexibility index (Phi) is 5.45. The van der Waals surface area contributed by atoms with E-state index in [1.165, 1.54) is 11.8 Å². The predicted octanol–water partition coefficient (Wildman–Crippen LogP) is 1.11. The summed E-state index contributed by atoms with van der Waals surface area (Å²) in [4.78, 5) is 0.860. The number of para-hydroxylation sites is 1. The van der Waals surface area contributed by atoms with Crippen molar-refractivity contribution in [3.05, 3.63) is 18.2 Å². The fourth-order valence-electron chi connectivity index (χ4n) is 1.17. The lowest BCUT2D eigenvalue weighted by Gasteiger charge is -2.12. The molecule has 0 aromatic heterocycles. The molecule has 1 rings (SSSR count). The molecule has 4 N–H and O–H groups in total. The van der Waals surface area contributed by atoms with Crippen molar-refractivity contribution in [3.8, 4) is 5.75 Å². The first-order chi connectivity index (χ1) is 7.69. The van der Waals surface area contributed by atoms with Crippen molar-refractivity contribution in [3.63, 3.8) is 0 Å². The molecule has 0 saturated heterocycles. The molecule has 1 aromatic rings. The van der Waals surface area contributed by atoms with Gasteiger partial charge in [0.25, 0.3) is 0 Å². The minimum Gasteiger partial charge on any atom is -0.492 e. The molecule has 1 atom stereocenters. The molecule has 0 bridgehead atoms. The number of thioether (sulfide) groups is 1. The quantitative estimate of drug-likeness (QED) is 0.515. The van der Waals surface area contributed by atoms with Crippen molar-refractivity contribution in [2.45, 2.75) is 17.9 Å². The van der Waals surface area contributed by atoms with Crippen molar-refractivity contribution in [1.29, 1.82) is 0 Å². The lowest BCUT2D eigenvalue weighted by atomic mass is 10.3. The smallest absolute Gasteiger partial charge is 0.143 e. The van der Waals surface area contributed by atoms with Crippen LogP contribution in [0.4, 0.5) is 5.69 Å². The maximum atomic E-state index is 9.24. The summed E-state index contributed by atoms with van der Waals surface area (Å²) in [5, 5.41) is 17.9. The zero-order chi connectivity index (χ0) is 12.0. The molecule has 0 aliphatic rings. The molecule has 1 unspecified atom stereocenters. The molecular weight excluding hydrogens is 226 g/mol. The van der Waals surface area contributed by atoms with E-state index in [2.05, 4.69) is 0 Å². The van der Waals surface area contributed by atoms with Crippen LogP contribution in [0.3, 0.4) is 0 Å². The van der Waals surface area contributed by atoms with E-state index in [-0.39, 0.29) is 6.61 Å². The molecule has 0 heterocycles. The van der Waals surface area contributed by atoms with E-state index in [1.54, 1.807) is 0 Å². The van der Waals surface area contributed by atoms with E-state index in [0.717, 1.165) is 4.90 Å². The molecule has 1 aromatic carbocycles. The van der Waals surface area contributed by atoms with Crippen LogP contribution in [0.25, 0.3) is 0 Å². The van der Waals surface area contributed by atoms with Crippen LogP contribution in [0.1, 0.15) is 6.92 Å². The summed E-state index contributed by atoms with van der Waals surface area (Å²) >= 11 is 1.40. The fraction of sp³-hybridized carbons (Fsp3) is 0.455. The molecule has 0 saturated carbocycles. The van der Waals surface area contributed by atoms with Gasteiger partial charge in [0.1, 0.15) is 5.75 Å². The van der Waals surface area contributed by atoms with E-state index in [9.17, 15) is 5.11 Å². The van der Waals surface area contributed by atoms with Gasteiger partial charge in [-0.15, -0.1) is 11.8 Å². The lowest BCUT2D eigenvalue weighted by molar-refractivity contribution is 0.113. The molecular formula is C11H17NO3S. The van der Waals surface area contributed by atoms with E-state index in [1.807, 2.05) is 25.1 Å². The summed E-state index contributed by atoms with van der Waals surface area (Å²) in [5.74, 6) is 1.07. The molecule has 4 nitrogen and oxygen atoms in total. The van der Waals surface area contributed by atoms with Gasteiger partial charge in [0.05, 0.1) is 25.0 Å². The lowest BCUT2D eigenvalue weighted by Crippen LogP contribution is -2.14. The first-order valence-corrected chi connectivity index (χ1v) is 6.10. The Hall–Kier alpha value is -0.910. The minimum atomic E-state index is -0.722. The van der Waals surface area contributed by atoms with Crippen LogP contribution in [0.2, 0.25) is 0 Å². The second-order valence-corrected chi connectivity index (χ2v) is 4.31. The maximum Gasteiger partial charge on any atom is 0.143 e. The van der Waals surface area contributed by atoms with Crippen molar-refractivity contribution >= 4 is 17.4 Å². The first-order valence-electron chi connectivity index (χ1n) is 5.12. The summed E-state index contributed by atoms with van der Waals surface area (Å²) in [6, 6.07) is 5.53. The molecule has 16 heavy (non-hydrogen) atoms. The number of aliphatic hydroxyl groups excluding tert-OH is 2. The molecule has 5 heteroatoms. The Balaban J connectivity index is 2.69. The Labute approximate surface area is 99.4 Å². The van der Waals surface area contributed by atoms with Gasteiger partial charge in [-0.25, -0.2) is 0 Å². The van der Waals surface area contributed by atoms with Gasteiger partial charge in [-0.05, 0) is 19.1 Å². The van der Waals surface area contributed by atoms with Gasteiger partial charge in [0, 0.05) is 10.6 Å². The van der Waals surface area contributed by atoms with Crippen molar-refractivity contribution in [1.82, 2.24) is 0 Å². The van der Waals surface area contributed by atoms with Crippen LogP contribution in [0, 0.1) is 0 Å². The number of benzene rings is 1. The topological polar surface area (TPSA) is 75.7 Å². The minimum absolute atomic E-state index is 0.238. The van der Waals surface area contributed by atoms with Crippen molar-refractivity contribution in [2.75, 3.05) is 24.7 Å². The van der Waals surface area contributed by atoms with Crippen LogP contribution in [-0.2, 0) is 0 Å². The van der Waals surface area contributed by atoms with Crippen LogP contribution < -0.4 is 10.5 Å². The summed E-state index contributed by atoms with van der Waals surface area (Å²) in [7, 11) is 0. The monoisotopic (exact) mass is 243 g/mol. The number of nitrogens with two attached hydrogens (primary N) is 1. The van der Waals surface area contributed by atoms with Crippen LogP contribution in [0.15, 0.2) is 23.1 Å². The average Bonchev–Trinajstić information content (AvgIpc) is 2.30. The number of ether oxygens (including phenoxy) is 1. The normalized spacial score (nSPS) is 12.4. The third-order valence-corrected chi connectivity index (χ3v) is 3.19. The van der Waals surface area contributed by atoms with Gasteiger partial charge in [-0.1, -0.05) is 6.07 Å². The van der Waals surface area contributed by atoms with Gasteiger partial charge < -0.3 is 20.7 Å². The SMILES string of the molecule is CCOc1cccc(SCC(O)CO)c1N. The second kappa shape index (κ2) is 6.62. The standard InChI is InChI=1S/C11H17NO3S/c1-2-15-9-4-3-5-10(11(9)12)16-7-8(14)6-13/h3-5,8,13-14H,2,6-7,12H2,1H3. The highest BCUT2D eigenvalue weighted by Gasteiger charge is 2.08. The van der Waals surface area contributed by atoms with E-state index in [0.29, 0.717) is 23.8 Å². The van der Waals surface area contributed by atoms with E-state index in [4.69, 9.17) is 15.6 Å².